The summed E-state index contributed by atoms with van der Waals surface area (Å²) in [6.45, 7) is 6.03. The van der Waals surface area contributed by atoms with Gasteiger partial charge < -0.3 is 4.74 Å². The molecule has 1 aromatic rings. The van der Waals surface area contributed by atoms with Crippen molar-refractivity contribution < 1.29 is 9.53 Å². The van der Waals surface area contributed by atoms with Gasteiger partial charge in [-0.15, -0.1) is 11.6 Å². The number of halogens is 1. The van der Waals surface area contributed by atoms with E-state index in [0.29, 0.717) is 12.3 Å². The summed E-state index contributed by atoms with van der Waals surface area (Å²) >= 11 is 5.62. The molecule has 0 heterocycles. The molecule has 0 atom stereocenters. The first-order valence-electron chi connectivity index (χ1n) is 6.47. The first kappa shape index (κ1) is 15.0. The monoisotopic (exact) mass is 268 g/mol. The van der Waals surface area contributed by atoms with E-state index < -0.39 is 0 Å². The molecule has 18 heavy (non-hydrogen) atoms. The second kappa shape index (κ2) is 7.42. The van der Waals surface area contributed by atoms with Gasteiger partial charge in [0.15, 0.2) is 5.78 Å². The molecule has 0 aromatic heterocycles. The summed E-state index contributed by atoms with van der Waals surface area (Å²) < 4.78 is 5.64. The van der Waals surface area contributed by atoms with Crippen molar-refractivity contribution in [2.75, 3.05) is 5.88 Å². The van der Waals surface area contributed by atoms with Gasteiger partial charge in [-0.25, -0.2) is 0 Å². The molecule has 2 nitrogen and oxygen atoms in total. The van der Waals surface area contributed by atoms with Crippen LogP contribution >= 0.6 is 11.6 Å². The highest BCUT2D eigenvalue weighted by Crippen LogP contribution is 2.21. The zero-order valence-electron chi connectivity index (χ0n) is 11.3. The fourth-order valence-corrected chi connectivity index (χ4v) is 1.98. The van der Waals surface area contributed by atoms with Gasteiger partial charge in [-0.05, 0) is 50.5 Å². The molecule has 0 amide bonds. The average Bonchev–Trinajstić information content (AvgIpc) is 2.35. The maximum absolute atomic E-state index is 12.0. The number of ether oxygens (including phenoxy) is 1. The molecular weight excluding hydrogens is 248 g/mol. The van der Waals surface area contributed by atoms with Crippen molar-refractivity contribution in [1.29, 1.82) is 0 Å². The van der Waals surface area contributed by atoms with E-state index in [1.165, 1.54) is 0 Å². The number of alkyl halides is 1. The Morgan fingerprint density at radius 2 is 2.11 bits per heavy atom. The third-order valence-electron chi connectivity index (χ3n) is 2.67. The smallest absolute Gasteiger partial charge is 0.163 e. The van der Waals surface area contributed by atoms with E-state index in [9.17, 15) is 4.79 Å². The predicted molar refractivity (Wildman–Crippen MR) is 75.9 cm³/mol. The molecule has 0 saturated heterocycles. The van der Waals surface area contributed by atoms with Gasteiger partial charge in [0, 0.05) is 17.9 Å². The molecule has 0 unspecified atom stereocenters. The van der Waals surface area contributed by atoms with Crippen LogP contribution in [0.15, 0.2) is 18.2 Å². The highest BCUT2D eigenvalue weighted by Gasteiger charge is 2.11. The number of Topliss-reactive ketones (excluding diaryl/α,β-unsaturated/α-hetero) is 1. The van der Waals surface area contributed by atoms with Crippen LogP contribution in [-0.2, 0) is 6.42 Å². The van der Waals surface area contributed by atoms with Gasteiger partial charge in [-0.3, -0.25) is 4.79 Å². The van der Waals surface area contributed by atoms with Crippen LogP contribution in [-0.4, -0.2) is 17.8 Å². The van der Waals surface area contributed by atoms with E-state index in [1.807, 2.05) is 39.0 Å². The van der Waals surface area contributed by atoms with Gasteiger partial charge in [0.25, 0.3) is 0 Å². The lowest BCUT2D eigenvalue weighted by molar-refractivity contribution is 0.0981. The number of carbonyl (C=O) groups excluding carboxylic acids is 1. The van der Waals surface area contributed by atoms with Crippen molar-refractivity contribution in [3.8, 4) is 5.75 Å². The normalized spacial score (nSPS) is 10.7. The summed E-state index contributed by atoms with van der Waals surface area (Å²) in [5.74, 6) is 1.53. The molecule has 0 spiro atoms. The average molecular weight is 269 g/mol. The third-order valence-corrected chi connectivity index (χ3v) is 2.93. The first-order valence-corrected chi connectivity index (χ1v) is 7.00. The van der Waals surface area contributed by atoms with Crippen LogP contribution in [0.1, 0.15) is 49.5 Å². The molecule has 3 heteroatoms. The van der Waals surface area contributed by atoms with E-state index in [2.05, 4.69) is 0 Å². The molecule has 100 valence electrons. The number of hydrogen-bond acceptors (Lipinski definition) is 2. The van der Waals surface area contributed by atoms with Crippen molar-refractivity contribution in [3.63, 3.8) is 0 Å². The van der Waals surface area contributed by atoms with E-state index in [-0.39, 0.29) is 11.9 Å². The number of ketones is 1. The lowest BCUT2D eigenvalue weighted by Crippen LogP contribution is -2.08. The topological polar surface area (TPSA) is 26.3 Å². The quantitative estimate of drug-likeness (QED) is 0.546. The van der Waals surface area contributed by atoms with E-state index in [4.69, 9.17) is 16.3 Å². The molecule has 0 N–H and O–H groups in total. The molecule has 0 saturated carbocycles. The molecular formula is C15H21ClO2. The summed E-state index contributed by atoms with van der Waals surface area (Å²) in [5.41, 5.74) is 1.85. The second-order valence-electron chi connectivity index (χ2n) is 4.55. The van der Waals surface area contributed by atoms with E-state index in [0.717, 1.165) is 29.7 Å². The Morgan fingerprint density at radius 3 is 2.67 bits per heavy atom. The Bertz CT molecular complexity index is 399. The molecule has 1 rings (SSSR count). The minimum atomic E-state index is 0.146. The van der Waals surface area contributed by atoms with Crippen LogP contribution in [0.2, 0.25) is 0 Å². The number of carbonyl (C=O) groups is 1. The molecule has 0 aliphatic rings. The maximum Gasteiger partial charge on any atom is 0.163 e. The minimum absolute atomic E-state index is 0.146. The molecule has 0 aliphatic carbocycles. The van der Waals surface area contributed by atoms with Crippen molar-refractivity contribution >= 4 is 17.4 Å². The van der Waals surface area contributed by atoms with Gasteiger partial charge >= 0.3 is 0 Å². The summed E-state index contributed by atoms with van der Waals surface area (Å²) in [6, 6.07) is 5.70. The Kier molecular flexibility index (Phi) is 6.20. The largest absolute Gasteiger partial charge is 0.491 e. The fourth-order valence-electron chi connectivity index (χ4n) is 1.84. The van der Waals surface area contributed by atoms with Crippen LogP contribution in [0, 0.1) is 0 Å². The van der Waals surface area contributed by atoms with Gasteiger partial charge in [-0.1, -0.05) is 6.92 Å². The van der Waals surface area contributed by atoms with Crippen LogP contribution in [0.3, 0.4) is 0 Å². The van der Waals surface area contributed by atoms with Crippen LogP contribution in [0.5, 0.6) is 5.75 Å². The summed E-state index contributed by atoms with van der Waals surface area (Å²) in [5, 5.41) is 0. The van der Waals surface area contributed by atoms with Gasteiger partial charge in [0.2, 0.25) is 0 Å². The zero-order chi connectivity index (χ0) is 13.5. The summed E-state index contributed by atoms with van der Waals surface area (Å²) in [6.07, 6.45) is 2.22. The van der Waals surface area contributed by atoms with E-state index in [1.54, 1.807) is 0 Å². The number of aryl methyl sites for hydroxylation is 1. The zero-order valence-corrected chi connectivity index (χ0v) is 12.1. The second-order valence-corrected chi connectivity index (χ2v) is 4.93. The van der Waals surface area contributed by atoms with Gasteiger partial charge in [0.1, 0.15) is 5.75 Å². The van der Waals surface area contributed by atoms with Crippen molar-refractivity contribution in [2.24, 2.45) is 0 Å². The summed E-state index contributed by atoms with van der Waals surface area (Å²) in [4.78, 5) is 12.0. The Hall–Kier alpha value is -1.02. The van der Waals surface area contributed by atoms with Crippen LogP contribution in [0.4, 0.5) is 0 Å². The highest BCUT2D eigenvalue weighted by atomic mass is 35.5. The number of rotatable bonds is 7. The van der Waals surface area contributed by atoms with Crippen molar-refractivity contribution in [2.45, 2.75) is 46.1 Å². The standard InChI is InChI=1S/C15H21ClO2/c1-4-12-10-13(18-11(2)3)7-8-14(12)15(17)6-5-9-16/h7-8,10-11H,4-6,9H2,1-3H3. The van der Waals surface area contributed by atoms with Gasteiger partial charge in [0.05, 0.1) is 6.10 Å². The van der Waals surface area contributed by atoms with E-state index >= 15 is 0 Å². The Morgan fingerprint density at radius 1 is 1.39 bits per heavy atom. The van der Waals surface area contributed by atoms with Crippen LogP contribution < -0.4 is 4.74 Å². The summed E-state index contributed by atoms with van der Waals surface area (Å²) in [7, 11) is 0. The molecule has 0 radical (unpaired) electrons. The third kappa shape index (κ3) is 4.34. The van der Waals surface area contributed by atoms with Crippen molar-refractivity contribution in [1.82, 2.24) is 0 Å². The van der Waals surface area contributed by atoms with Gasteiger partial charge in [-0.2, -0.15) is 0 Å². The lowest BCUT2D eigenvalue weighted by atomic mass is 9.99. The predicted octanol–water partition coefficient (Wildman–Crippen LogP) is 4.24. The first-order chi connectivity index (χ1) is 8.58. The fraction of sp³-hybridized carbons (Fsp3) is 0.533. The molecule has 1 aromatic carbocycles. The number of benzene rings is 1. The molecule has 0 fully saturated rings. The van der Waals surface area contributed by atoms with Crippen molar-refractivity contribution in [3.05, 3.63) is 29.3 Å². The maximum atomic E-state index is 12.0. The molecule has 0 bridgehead atoms. The van der Waals surface area contributed by atoms with Crippen LogP contribution in [0.25, 0.3) is 0 Å². The lowest BCUT2D eigenvalue weighted by Gasteiger charge is -2.13. The Labute approximate surface area is 114 Å². The minimum Gasteiger partial charge on any atom is -0.491 e. The molecule has 0 aliphatic heterocycles. The SMILES string of the molecule is CCc1cc(OC(C)C)ccc1C(=O)CCCCl. The number of hydrogen-bond donors (Lipinski definition) is 0. The highest BCUT2D eigenvalue weighted by molar-refractivity contribution is 6.18. The Balaban J connectivity index is 2.89.